The fourth-order valence-electron chi connectivity index (χ4n) is 19.2. The second kappa shape index (κ2) is 48.2. The number of nitrogens with one attached hydrogen (secondary N) is 7. The molecule has 5 heterocycles. The van der Waals surface area contributed by atoms with Crippen molar-refractivity contribution in [3.8, 4) is 0 Å². The molecule has 5 aliphatic heterocycles. The Morgan fingerprint density at radius 3 is 1.46 bits per heavy atom. The second-order valence-corrected chi connectivity index (χ2v) is 36.5. The van der Waals surface area contributed by atoms with Crippen molar-refractivity contribution in [2.45, 2.75) is 203 Å². The van der Waals surface area contributed by atoms with Crippen molar-refractivity contribution in [2.75, 3.05) is 98.2 Å². The Kier molecular flexibility index (Phi) is 36.1. The maximum atomic E-state index is 14.1. The number of piperidine rings is 2. The molecule has 6 fully saturated rings. The molecule has 0 spiro atoms. The van der Waals surface area contributed by atoms with Gasteiger partial charge < -0.3 is 61.7 Å². The van der Waals surface area contributed by atoms with Gasteiger partial charge in [-0.2, -0.15) is 0 Å². The lowest BCUT2D eigenvalue weighted by Gasteiger charge is -2.37. The molecule has 6 aliphatic rings. The first-order chi connectivity index (χ1) is 61.0. The second-order valence-electron chi connectivity index (χ2n) is 35.3. The van der Waals surface area contributed by atoms with E-state index in [4.69, 9.17) is 34.8 Å². The SMILES string of the molecule is CC[C@H](CN1CCC(CNC(=O)c2ccc3cc(Cl)ccc3c2)NC(C2CCN(CC)CC2)C1=O)c1ccccc1.CC[C@H](CN1CC[C@@H](CNC(=O)c2ccc3ccccc3c2)N[C@@H](CCC(=O)NC2CCCCC2)C1=O)c1ccccc1.O=C1[C@H](CCN2CCCCC2)N[C@H](CNCc2ccc(Cl)c(Cl)c2)CCN1CC(c1ccccc1)c1ccccc1. The smallest absolute Gasteiger partial charge is 0.251 e. The van der Waals surface area contributed by atoms with Gasteiger partial charge in [0, 0.05) is 136 Å². The highest BCUT2D eigenvalue weighted by Gasteiger charge is 2.40. The van der Waals surface area contributed by atoms with Gasteiger partial charge in [0.05, 0.1) is 28.2 Å². The zero-order chi connectivity index (χ0) is 87.2. The Hall–Kier alpha value is -9.05. The third-order valence-electron chi connectivity index (χ3n) is 26.7. The summed E-state index contributed by atoms with van der Waals surface area (Å²) < 4.78 is 0. The molecule has 18 nitrogen and oxygen atoms in total. The molecule has 9 aromatic rings. The van der Waals surface area contributed by atoms with Crippen LogP contribution >= 0.6 is 34.8 Å². The van der Waals surface area contributed by atoms with Crippen LogP contribution in [0.5, 0.6) is 0 Å². The van der Waals surface area contributed by atoms with E-state index in [-0.39, 0.29) is 83.5 Å². The maximum absolute atomic E-state index is 14.1. The first kappa shape index (κ1) is 93.6. The Bertz CT molecular complexity index is 4860. The van der Waals surface area contributed by atoms with E-state index >= 15 is 0 Å². The van der Waals surface area contributed by atoms with Crippen molar-refractivity contribution in [3.05, 3.63) is 272 Å². The number of rotatable bonds is 31. The van der Waals surface area contributed by atoms with Crippen LogP contribution in [0.15, 0.2) is 218 Å². The van der Waals surface area contributed by atoms with Crippen molar-refractivity contribution in [1.82, 2.24) is 61.7 Å². The topological polar surface area (TPSA) is 203 Å². The number of fused-ring (bicyclic) bond motifs is 2. The van der Waals surface area contributed by atoms with E-state index in [0.717, 1.165) is 163 Å². The molecule has 664 valence electrons. The first-order valence-corrected chi connectivity index (χ1v) is 47.6. The molecular formula is C104H131Cl3N12O6. The summed E-state index contributed by atoms with van der Waals surface area (Å²) in [6.07, 6.45) is 17.4. The summed E-state index contributed by atoms with van der Waals surface area (Å²) in [5.74, 6) is 1.27. The Morgan fingerprint density at radius 2 is 0.904 bits per heavy atom. The van der Waals surface area contributed by atoms with Crippen LogP contribution in [0.4, 0.5) is 0 Å². The van der Waals surface area contributed by atoms with E-state index in [1.165, 1.54) is 47.9 Å². The largest absolute Gasteiger partial charge is 0.353 e. The van der Waals surface area contributed by atoms with Crippen molar-refractivity contribution in [1.29, 1.82) is 0 Å². The number of carbonyl (C=O) groups is 6. The summed E-state index contributed by atoms with van der Waals surface area (Å²) in [5, 5.41) is 30.0. The number of hydrogen-bond acceptors (Lipinski definition) is 12. The zero-order valence-electron chi connectivity index (χ0n) is 73.5. The van der Waals surface area contributed by atoms with Crippen LogP contribution < -0.4 is 37.2 Å². The van der Waals surface area contributed by atoms with Crippen LogP contribution in [-0.4, -0.2) is 200 Å². The summed E-state index contributed by atoms with van der Waals surface area (Å²) >= 11 is 18.4. The molecule has 15 rings (SSSR count). The molecule has 0 aromatic heterocycles. The molecule has 1 saturated carbocycles. The average molecular weight is 1750 g/mol. The molecular weight excluding hydrogens is 1620 g/mol. The van der Waals surface area contributed by atoms with Crippen LogP contribution in [0.2, 0.25) is 15.1 Å². The van der Waals surface area contributed by atoms with E-state index in [2.05, 4.69) is 175 Å². The monoisotopic (exact) mass is 1750 g/mol. The van der Waals surface area contributed by atoms with Gasteiger partial charge in [0.15, 0.2) is 0 Å². The highest BCUT2D eigenvalue weighted by molar-refractivity contribution is 6.42. The molecule has 7 N–H and O–H groups in total. The van der Waals surface area contributed by atoms with Crippen molar-refractivity contribution < 1.29 is 28.8 Å². The molecule has 5 saturated heterocycles. The van der Waals surface area contributed by atoms with Gasteiger partial charge in [0.2, 0.25) is 23.6 Å². The number of likely N-dealkylation sites (tertiary alicyclic amines) is 2. The Labute approximate surface area is 756 Å². The van der Waals surface area contributed by atoms with E-state index in [0.29, 0.717) is 96.7 Å². The lowest BCUT2D eigenvalue weighted by Crippen LogP contribution is -2.54. The van der Waals surface area contributed by atoms with Gasteiger partial charge in [-0.05, 0) is 220 Å². The van der Waals surface area contributed by atoms with Crippen LogP contribution in [-0.2, 0) is 25.7 Å². The van der Waals surface area contributed by atoms with Crippen LogP contribution in [0.25, 0.3) is 21.5 Å². The van der Waals surface area contributed by atoms with Crippen LogP contribution in [0, 0.1) is 5.92 Å². The normalized spacial score (nSPS) is 20.8. The highest BCUT2D eigenvalue weighted by atomic mass is 35.5. The quantitative estimate of drug-likeness (QED) is 0.0217. The molecule has 0 bridgehead atoms. The molecule has 125 heavy (non-hydrogen) atoms. The summed E-state index contributed by atoms with van der Waals surface area (Å²) in [4.78, 5) is 92.4. The number of benzene rings is 9. The predicted molar refractivity (Wildman–Crippen MR) is 509 cm³/mol. The fraction of sp³-hybridized carbons (Fsp3) is 0.462. The molecule has 2 unspecified atom stereocenters. The summed E-state index contributed by atoms with van der Waals surface area (Å²) in [6.45, 7) is 19.4. The lowest BCUT2D eigenvalue weighted by molar-refractivity contribution is -0.135. The minimum Gasteiger partial charge on any atom is -0.353 e. The van der Waals surface area contributed by atoms with Gasteiger partial charge in [0.1, 0.15) is 0 Å². The van der Waals surface area contributed by atoms with Crippen molar-refractivity contribution in [2.24, 2.45) is 5.92 Å². The summed E-state index contributed by atoms with van der Waals surface area (Å²) in [5.41, 5.74) is 7.35. The number of hydrogen-bond donors (Lipinski definition) is 7. The molecule has 9 aromatic carbocycles. The van der Waals surface area contributed by atoms with Crippen molar-refractivity contribution in [3.63, 3.8) is 0 Å². The first-order valence-electron chi connectivity index (χ1n) is 46.5. The fourth-order valence-corrected chi connectivity index (χ4v) is 19.7. The minimum atomic E-state index is -0.476. The van der Waals surface area contributed by atoms with E-state index in [1.54, 1.807) is 0 Å². The van der Waals surface area contributed by atoms with Gasteiger partial charge in [-0.15, -0.1) is 0 Å². The number of amides is 6. The minimum absolute atomic E-state index is 0.0224. The van der Waals surface area contributed by atoms with Gasteiger partial charge in [0.25, 0.3) is 11.8 Å². The van der Waals surface area contributed by atoms with E-state index in [1.807, 2.05) is 126 Å². The summed E-state index contributed by atoms with van der Waals surface area (Å²) in [6, 6.07) is 72.5. The Balaban J connectivity index is 0.000000161. The van der Waals surface area contributed by atoms with Gasteiger partial charge in [-0.1, -0.05) is 251 Å². The van der Waals surface area contributed by atoms with Crippen LogP contribution in [0.3, 0.4) is 0 Å². The number of carbonyl (C=O) groups excluding carboxylic acids is 6. The molecule has 0 radical (unpaired) electrons. The van der Waals surface area contributed by atoms with Gasteiger partial charge in [-0.3, -0.25) is 28.8 Å². The highest BCUT2D eigenvalue weighted by Crippen LogP contribution is 2.33. The lowest BCUT2D eigenvalue weighted by atomic mass is 9.88. The number of halogens is 3. The predicted octanol–water partition coefficient (Wildman–Crippen LogP) is 17.6. The third kappa shape index (κ3) is 27.5. The average Bonchev–Trinajstić information content (AvgIpc) is 1.75. The van der Waals surface area contributed by atoms with Crippen molar-refractivity contribution >= 4 is 91.8 Å². The van der Waals surface area contributed by atoms with Crippen LogP contribution in [0.1, 0.15) is 203 Å². The Morgan fingerprint density at radius 1 is 0.424 bits per heavy atom. The molecule has 21 heteroatoms. The molecule has 1 aliphatic carbocycles. The maximum Gasteiger partial charge on any atom is 0.251 e. The molecule has 8 atom stereocenters. The van der Waals surface area contributed by atoms with E-state index < -0.39 is 6.04 Å². The van der Waals surface area contributed by atoms with Gasteiger partial charge in [-0.25, -0.2) is 0 Å². The third-order valence-corrected chi connectivity index (χ3v) is 27.7. The zero-order valence-corrected chi connectivity index (χ0v) is 75.8. The van der Waals surface area contributed by atoms with E-state index in [9.17, 15) is 28.8 Å². The number of nitrogens with zero attached hydrogens (tertiary/aromatic N) is 5. The molecule has 6 amide bonds. The standard InChI is InChI=1S/C36H46N4O3.C34H42Cl2N4O.C34H43ClN4O2/c1-2-26(27-11-5-3-6-12-27)25-40-22-21-32(24-37-35(42)30-18-17-28-13-9-10-14-29(28)23-30)38-33(36(40)43)19-20-34(41)39-31-15-7-4-8-16-31;35-31-15-14-26(22-32(31)36)23-37-24-29-16-21-40(34(41)33(38-29)17-20-39-18-8-3-9-19-39)25-30(27-10-4-1-5-11-27)28-12-6-2-7-13-28;1-3-24(25-8-6-5-7-9-25)23-39-19-16-31(37-32(34(39)41)26-14-17-38(4-2)18-15-26)22-36-33(40)29-11-10-28-21-30(35)13-12-27(28)20-29/h3,5-6,9-14,17-18,23,26,31-33,38H,2,4,7-8,15-16,19-22,24-25H2,1H3,(H,37,42)(H,39,41);1-2,4-7,10-15,22,29-30,33,37-38H,3,8-9,16-21,23-25H2;5-13,20-21,24,26,31-32,37H,3-4,14-19,22-23H2,1-2H3,(H,36,40)/t26-,32+,33+;29-,33-;24-,31?,32?/m101/s1. The summed E-state index contributed by atoms with van der Waals surface area (Å²) in [7, 11) is 0. The van der Waals surface area contributed by atoms with Gasteiger partial charge >= 0.3 is 0 Å².